The Morgan fingerprint density at radius 3 is 2.20 bits per heavy atom. The fraction of sp³-hybridized carbons (Fsp3) is 0.750. The molecule has 0 atom stereocenters. The second kappa shape index (κ2) is 14.1. The van der Waals surface area contributed by atoms with Gasteiger partial charge in [-0.3, -0.25) is 9.59 Å². The first-order chi connectivity index (χ1) is 9.70. The molecule has 0 aromatic rings. The minimum absolute atomic E-state index is 0.0720. The monoisotopic (exact) mass is 283 g/mol. The van der Waals surface area contributed by atoms with Gasteiger partial charge in [-0.1, -0.05) is 57.9 Å². The highest BCUT2D eigenvalue weighted by Crippen LogP contribution is 2.09. The summed E-state index contributed by atoms with van der Waals surface area (Å²) in [7, 11) is 1.30. The van der Waals surface area contributed by atoms with Gasteiger partial charge in [-0.05, 0) is 18.9 Å². The lowest BCUT2D eigenvalue weighted by Crippen LogP contribution is -2.28. The van der Waals surface area contributed by atoms with Crippen LogP contribution < -0.4 is 5.32 Å². The number of esters is 1. The lowest BCUT2D eigenvalue weighted by Gasteiger charge is -2.00. The molecule has 1 N–H and O–H groups in total. The molecule has 20 heavy (non-hydrogen) atoms. The highest BCUT2D eigenvalue weighted by atomic mass is 16.5. The molecule has 0 radical (unpaired) electrons. The number of carbonyl (C=O) groups excluding carboxylic acids is 2. The molecule has 4 nitrogen and oxygen atoms in total. The molecule has 1 amide bonds. The van der Waals surface area contributed by atoms with Crippen molar-refractivity contribution in [3.63, 3.8) is 0 Å². The molecule has 116 valence electrons. The number of amides is 1. The molecule has 0 aliphatic rings. The lowest BCUT2D eigenvalue weighted by molar-refractivity contribution is -0.140. The molecule has 0 aliphatic carbocycles. The van der Waals surface area contributed by atoms with Crippen molar-refractivity contribution >= 4 is 11.9 Å². The van der Waals surface area contributed by atoms with Gasteiger partial charge >= 0.3 is 5.97 Å². The van der Waals surface area contributed by atoms with E-state index in [9.17, 15) is 9.59 Å². The second-order valence-electron chi connectivity index (χ2n) is 4.96. The number of methoxy groups -OCH3 is 1. The number of hydrogen-bond acceptors (Lipinski definition) is 3. The van der Waals surface area contributed by atoms with E-state index in [0.29, 0.717) is 0 Å². The highest BCUT2D eigenvalue weighted by molar-refractivity contribution is 5.90. The van der Waals surface area contributed by atoms with Crippen LogP contribution in [0.5, 0.6) is 0 Å². The van der Waals surface area contributed by atoms with Crippen LogP contribution in [0.3, 0.4) is 0 Å². The Morgan fingerprint density at radius 2 is 1.60 bits per heavy atom. The zero-order chi connectivity index (χ0) is 15.1. The first-order valence-electron chi connectivity index (χ1n) is 7.72. The Kier molecular flexibility index (Phi) is 13.2. The van der Waals surface area contributed by atoms with Crippen molar-refractivity contribution in [1.82, 2.24) is 5.32 Å². The van der Waals surface area contributed by atoms with E-state index in [1.807, 2.05) is 6.08 Å². The van der Waals surface area contributed by atoms with Crippen LogP contribution in [-0.2, 0) is 14.3 Å². The Hall–Kier alpha value is -1.32. The van der Waals surface area contributed by atoms with Crippen LogP contribution in [0.25, 0.3) is 0 Å². The maximum Gasteiger partial charge on any atom is 0.325 e. The number of ether oxygens (including phenoxy) is 1. The average molecular weight is 283 g/mol. The zero-order valence-corrected chi connectivity index (χ0v) is 13.0. The summed E-state index contributed by atoms with van der Waals surface area (Å²) in [6.07, 6.45) is 14.6. The predicted molar refractivity (Wildman–Crippen MR) is 81.4 cm³/mol. The lowest BCUT2D eigenvalue weighted by atomic mass is 10.1. The van der Waals surface area contributed by atoms with Crippen LogP contribution in [-0.4, -0.2) is 25.5 Å². The molecule has 0 heterocycles. The molecule has 0 saturated heterocycles. The number of nitrogens with one attached hydrogen (secondary N) is 1. The van der Waals surface area contributed by atoms with Gasteiger partial charge in [0.1, 0.15) is 6.54 Å². The number of hydrogen-bond donors (Lipinski definition) is 1. The van der Waals surface area contributed by atoms with Crippen molar-refractivity contribution in [2.24, 2.45) is 0 Å². The largest absolute Gasteiger partial charge is 0.468 e. The van der Waals surface area contributed by atoms with E-state index in [0.717, 1.165) is 12.8 Å². The van der Waals surface area contributed by atoms with Crippen LogP contribution in [0, 0.1) is 0 Å². The van der Waals surface area contributed by atoms with E-state index in [-0.39, 0.29) is 12.5 Å². The minimum atomic E-state index is -0.435. The van der Waals surface area contributed by atoms with Gasteiger partial charge in [0.2, 0.25) is 5.91 Å². The topological polar surface area (TPSA) is 55.4 Å². The SMILES string of the molecule is CCCCCCCCCC/C=C/C(=O)NCC(=O)OC. The van der Waals surface area contributed by atoms with Gasteiger partial charge in [0.25, 0.3) is 0 Å². The quantitative estimate of drug-likeness (QED) is 0.339. The summed E-state index contributed by atoms with van der Waals surface area (Å²) in [6, 6.07) is 0. The van der Waals surface area contributed by atoms with E-state index < -0.39 is 5.97 Å². The van der Waals surface area contributed by atoms with Gasteiger partial charge in [-0.25, -0.2) is 0 Å². The molecule has 0 aliphatic heterocycles. The number of unbranched alkanes of at least 4 members (excludes halogenated alkanes) is 8. The highest BCUT2D eigenvalue weighted by Gasteiger charge is 2.00. The van der Waals surface area contributed by atoms with Crippen LogP contribution >= 0.6 is 0 Å². The Balaban J connectivity index is 3.34. The first-order valence-corrected chi connectivity index (χ1v) is 7.72. The molecule has 0 saturated carbocycles. The Bertz CT molecular complexity index is 287. The Labute approximate surface area is 123 Å². The van der Waals surface area contributed by atoms with Crippen LogP contribution in [0.4, 0.5) is 0 Å². The first kappa shape index (κ1) is 18.7. The van der Waals surface area contributed by atoms with E-state index in [2.05, 4.69) is 17.0 Å². The molecule has 0 aromatic heterocycles. The maximum absolute atomic E-state index is 11.3. The molecule has 0 rings (SSSR count). The van der Waals surface area contributed by atoms with Crippen molar-refractivity contribution in [2.45, 2.75) is 64.7 Å². The van der Waals surface area contributed by atoms with Crippen molar-refractivity contribution < 1.29 is 14.3 Å². The maximum atomic E-state index is 11.3. The molecule has 4 heteroatoms. The summed E-state index contributed by atoms with van der Waals surface area (Å²) in [6.45, 7) is 2.16. The summed E-state index contributed by atoms with van der Waals surface area (Å²) < 4.78 is 4.43. The van der Waals surface area contributed by atoms with E-state index in [1.165, 1.54) is 58.1 Å². The van der Waals surface area contributed by atoms with E-state index in [4.69, 9.17) is 0 Å². The summed E-state index contributed by atoms with van der Waals surface area (Å²) in [4.78, 5) is 22.1. The van der Waals surface area contributed by atoms with Crippen molar-refractivity contribution in [3.8, 4) is 0 Å². The van der Waals surface area contributed by atoms with Gasteiger partial charge in [-0.15, -0.1) is 0 Å². The van der Waals surface area contributed by atoms with Crippen molar-refractivity contribution in [2.75, 3.05) is 13.7 Å². The van der Waals surface area contributed by atoms with Gasteiger partial charge in [-0.2, -0.15) is 0 Å². The summed E-state index contributed by atoms with van der Waals surface area (Å²) in [5.74, 6) is -0.676. The average Bonchev–Trinajstić information content (AvgIpc) is 2.46. The fourth-order valence-electron chi connectivity index (χ4n) is 1.88. The smallest absolute Gasteiger partial charge is 0.325 e. The fourth-order valence-corrected chi connectivity index (χ4v) is 1.88. The minimum Gasteiger partial charge on any atom is -0.468 e. The van der Waals surface area contributed by atoms with Gasteiger partial charge in [0.05, 0.1) is 7.11 Å². The third-order valence-electron chi connectivity index (χ3n) is 3.13. The third-order valence-corrected chi connectivity index (χ3v) is 3.13. The van der Waals surface area contributed by atoms with Crippen LogP contribution in [0.1, 0.15) is 64.7 Å². The standard InChI is InChI=1S/C16H29NO3/c1-3-4-5-6-7-8-9-10-11-12-13-15(18)17-14-16(19)20-2/h12-13H,3-11,14H2,1-2H3,(H,17,18)/b13-12+. The van der Waals surface area contributed by atoms with Gasteiger partial charge < -0.3 is 10.1 Å². The normalized spacial score (nSPS) is 10.7. The summed E-state index contributed by atoms with van der Waals surface area (Å²) >= 11 is 0. The molecule has 0 bridgehead atoms. The summed E-state index contributed by atoms with van der Waals surface area (Å²) in [5.41, 5.74) is 0. The van der Waals surface area contributed by atoms with Gasteiger partial charge in [0, 0.05) is 0 Å². The molecular weight excluding hydrogens is 254 g/mol. The van der Waals surface area contributed by atoms with E-state index in [1.54, 1.807) is 0 Å². The molecular formula is C16H29NO3. The number of rotatable bonds is 12. The second-order valence-corrected chi connectivity index (χ2v) is 4.96. The number of allylic oxidation sites excluding steroid dienone is 1. The molecule has 0 aromatic carbocycles. The Morgan fingerprint density at radius 1 is 1.00 bits per heavy atom. The van der Waals surface area contributed by atoms with Crippen LogP contribution in [0.2, 0.25) is 0 Å². The van der Waals surface area contributed by atoms with Crippen molar-refractivity contribution in [1.29, 1.82) is 0 Å². The third kappa shape index (κ3) is 13.1. The van der Waals surface area contributed by atoms with Gasteiger partial charge in [0.15, 0.2) is 0 Å². The predicted octanol–water partition coefficient (Wildman–Crippen LogP) is 3.36. The summed E-state index contributed by atoms with van der Waals surface area (Å²) in [5, 5.41) is 2.46. The van der Waals surface area contributed by atoms with Crippen molar-refractivity contribution in [3.05, 3.63) is 12.2 Å². The molecule has 0 spiro atoms. The molecule has 0 fully saturated rings. The number of carbonyl (C=O) groups is 2. The van der Waals surface area contributed by atoms with Crippen LogP contribution in [0.15, 0.2) is 12.2 Å². The molecule has 0 unspecified atom stereocenters. The van der Waals surface area contributed by atoms with E-state index >= 15 is 0 Å². The zero-order valence-electron chi connectivity index (χ0n) is 13.0.